The number of hydrogen-bond acceptors (Lipinski definition) is 2. The van der Waals surface area contributed by atoms with Crippen LogP contribution in [-0.2, 0) is 4.74 Å². The summed E-state index contributed by atoms with van der Waals surface area (Å²) in [6.07, 6.45) is 7.67. The highest BCUT2D eigenvalue weighted by Gasteiger charge is 2.17. The van der Waals surface area contributed by atoms with Crippen molar-refractivity contribution in [2.24, 2.45) is 0 Å². The molecule has 0 aliphatic carbocycles. The van der Waals surface area contributed by atoms with Crippen LogP contribution in [0.25, 0.3) is 0 Å². The fourth-order valence-electron chi connectivity index (χ4n) is 3.09. The van der Waals surface area contributed by atoms with E-state index in [-0.39, 0.29) is 0 Å². The first-order valence-electron chi connectivity index (χ1n) is 8.31. The molecule has 0 saturated carbocycles. The number of nitrogens with one attached hydrogen (secondary N) is 1. The minimum atomic E-state index is 0.406. The molecule has 1 fully saturated rings. The zero-order chi connectivity index (χ0) is 15.1. The molecular weight excluding hydrogens is 282 g/mol. The van der Waals surface area contributed by atoms with Crippen LogP contribution < -0.4 is 5.32 Å². The Morgan fingerprint density at radius 1 is 1.38 bits per heavy atom. The molecule has 0 aromatic heterocycles. The molecule has 3 heteroatoms. The van der Waals surface area contributed by atoms with Crippen molar-refractivity contribution in [3.8, 4) is 0 Å². The summed E-state index contributed by atoms with van der Waals surface area (Å²) < 4.78 is 5.72. The average molecular weight is 310 g/mol. The lowest BCUT2D eigenvalue weighted by atomic mass is 9.97. The van der Waals surface area contributed by atoms with Crippen molar-refractivity contribution in [3.05, 3.63) is 34.3 Å². The number of rotatable bonds is 8. The Labute approximate surface area is 134 Å². The van der Waals surface area contributed by atoms with Gasteiger partial charge in [-0.3, -0.25) is 0 Å². The number of halogens is 1. The average Bonchev–Trinajstić information content (AvgIpc) is 2.94. The third kappa shape index (κ3) is 5.61. The van der Waals surface area contributed by atoms with E-state index in [9.17, 15) is 0 Å². The highest BCUT2D eigenvalue weighted by atomic mass is 35.5. The summed E-state index contributed by atoms with van der Waals surface area (Å²) >= 11 is 6.22. The zero-order valence-electron chi connectivity index (χ0n) is 13.3. The van der Waals surface area contributed by atoms with Crippen LogP contribution >= 0.6 is 11.6 Å². The third-order valence-corrected chi connectivity index (χ3v) is 4.37. The molecule has 1 aromatic carbocycles. The van der Waals surface area contributed by atoms with Crippen LogP contribution in [0.4, 0.5) is 0 Å². The molecule has 0 radical (unpaired) electrons. The molecule has 1 aliphatic rings. The molecule has 1 heterocycles. The van der Waals surface area contributed by atoms with Crippen molar-refractivity contribution < 1.29 is 4.74 Å². The lowest BCUT2D eigenvalue weighted by Gasteiger charge is -2.20. The van der Waals surface area contributed by atoms with Crippen molar-refractivity contribution in [1.82, 2.24) is 5.32 Å². The molecule has 1 aliphatic heterocycles. The van der Waals surface area contributed by atoms with E-state index < -0.39 is 0 Å². The van der Waals surface area contributed by atoms with Gasteiger partial charge in [-0.15, -0.1) is 0 Å². The monoisotopic (exact) mass is 309 g/mol. The third-order valence-electron chi connectivity index (χ3n) is 4.15. The van der Waals surface area contributed by atoms with E-state index in [0.29, 0.717) is 12.1 Å². The molecule has 118 valence electrons. The maximum absolute atomic E-state index is 6.22. The smallest absolute Gasteiger partial charge is 0.0576 e. The molecule has 2 atom stereocenters. The van der Waals surface area contributed by atoms with Gasteiger partial charge in [0.15, 0.2) is 0 Å². The second-order valence-electron chi connectivity index (χ2n) is 6.13. The molecular formula is C18H28ClNO. The minimum Gasteiger partial charge on any atom is -0.378 e. The number of hydrogen-bond donors (Lipinski definition) is 1. The van der Waals surface area contributed by atoms with Gasteiger partial charge in [0.05, 0.1) is 6.10 Å². The van der Waals surface area contributed by atoms with Gasteiger partial charge >= 0.3 is 0 Å². The molecule has 2 rings (SSSR count). The van der Waals surface area contributed by atoms with E-state index in [1.165, 1.54) is 36.8 Å². The van der Waals surface area contributed by atoms with Crippen LogP contribution in [0.2, 0.25) is 5.02 Å². The van der Waals surface area contributed by atoms with Gasteiger partial charge in [-0.05, 0) is 75.3 Å². The van der Waals surface area contributed by atoms with Crippen LogP contribution in [0.3, 0.4) is 0 Å². The molecule has 1 aromatic rings. The largest absolute Gasteiger partial charge is 0.378 e. The van der Waals surface area contributed by atoms with E-state index in [1.54, 1.807) is 0 Å². The van der Waals surface area contributed by atoms with Crippen molar-refractivity contribution in [2.75, 3.05) is 13.2 Å². The Morgan fingerprint density at radius 3 is 2.90 bits per heavy atom. The number of benzene rings is 1. The van der Waals surface area contributed by atoms with Crippen LogP contribution in [0, 0.1) is 6.92 Å². The van der Waals surface area contributed by atoms with Crippen molar-refractivity contribution >= 4 is 11.6 Å². The molecule has 1 N–H and O–H groups in total. The summed E-state index contributed by atoms with van der Waals surface area (Å²) in [5.74, 6) is 0. The maximum Gasteiger partial charge on any atom is 0.0576 e. The topological polar surface area (TPSA) is 21.3 Å². The summed E-state index contributed by atoms with van der Waals surface area (Å²) in [7, 11) is 0. The second kappa shape index (κ2) is 8.77. The summed E-state index contributed by atoms with van der Waals surface area (Å²) in [6, 6.07) is 6.79. The Morgan fingerprint density at radius 2 is 2.24 bits per heavy atom. The van der Waals surface area contributed by atoms with Gasteiger partial charge in [-0.1, -0.05) is 24.6 Å². The summed E-state index contributed by atoms with van der Waals surface area (Å²) in [6.45, 7) is 6.32. The minimum absolute atomic E-state index is 0.406. The Kier molecular flexibility index (Phi) is 7.01. The number of aryl methyl sites for hydroxylation is 1. The van der Waals surface area contributed by atoms with E-state index >= 15 is 0 Å². The predicted molar refractivity (Wildman–Crippen MR) is 90.0 cm³/mol. The summed E-state index contributed by atoms with van der Waals surface area (Å²) in [5.41, 5.74) is 2.56. The maximum atomic E-state index is 6.22. The standard InChI is InChI=1S/C18H28ClNO/c1-3-9-20-18(8-4-6-17-7-5-10-21-17)15-11-14(2)12-16(19)13-15/h11-13,17-18,20H,3-10H2,1-2H3. The fourth-order valence-corrected chi connectivity index (χ4v) is 3.39. The SMILES string of the molecule is CCCNC(CCCC1CCCO1)c1cc(C)cc(Cl)c1. The lowest BCUT2D eigenvalue weighted by molar-refractivity contribution is 0.101. The van der Waals surface area contributed by atoms with E-state index in [2.05, 4.69) is 31.3 Å². The van der Waals surface area contributed by atoms with Gasteiger partial charge in [-0.25, -0.2) is 0 Å². The normalized spacial score (nSPS) is 19.9. The molecule has 0 spiro atoms. The quantitative estimate of drug-likeness (QED) is 0.726. The Bertz CT molecular complexity index is 409. The predicted octanol–water partition coefficient (Wildman–Crippen LogP) is 5.04. The summed E-state index contributed by atoms with van der Waals surface area (Å²) in [5, 5.41) is 4.51. The zero-order valence-corrected chi connectivity index (χ0v) is 14.1. The van der Waals surface area contributed by atoms with Crippen LogP contribution in [0.15, 0.2) is 18.2 Å². The first kappa shape index (κ1) is 16.8. The summed E-state index contributed by atoms with van der Waals surface area (Å²) in [4.78, 5) is 0. The second-order valence-corrected chi connectivity index (χ2v) is 6.57. The first-order chi connectivity index (χ1) is 10.2. The molecule has 1 saturated heterocycles. The van der Waals surface area contributed by atoms with Crippen LogP contribution in [0.5, 0.6) is 0 Å². The van der Waals surface area contributed by atoms with Crippen molar-refractivity contribution in [2.45, 2.75) is 64.5 Å². The molecule has 2 unspecified atom stereocenters. The van der Waals surface area contributed by atoms with Crippen molar-refractivity contribution in [1.29, 1.82) is 0 Å². The molecule has 21 heavy (non-hydrogen) atoms. The highest BCUT2D eigenvalue weighted by Crippen LogP contribution is 2.26. The van der Waals surface area contributed by atoms with Gasteiger partial charge in [0, 0.05) is 17.7 Å². The molecule has 2 nitrogen and oxygen atoms in total. The van der Waals surface area contributed by atoms with Crippen LogP contribution in [0.1, 0.15) is 62.6 Å². The van der Waals surface area contributed by atoms with Gasteiger partial charge in [0.1, 0.15) is 0 Å². The lowest BCUT2D eigenvalue weighted by Crippen LogP contribution is -2.22. The first-order valence-corrected chi connectivity index (χ1v) is 8.69. The van der Waals surface area contributed by atoms with Gasteiger partial charge in [0.2, 0.25) is 0 Å². The van der Waals surface area contributed by atoms with Crippen LogP contribution in [-0.4, -0.2) is 19.3 Å². The van der Waals surface area contributed by atoms with Gasteiger partial charge < -0.3 is 10.1 Å². The van der Waals surface area contributed by atoms with E-state index in [0.717, 1.165) is 31.0 Å². The fraction of sp³-hybridized carbons (Fsp3) is 0.667. The molecule has 0 amide bonds. The Hall–Kier alpha value is -0.570. The van der Waals surface area contributed by atoms with E-state index in [1.807, 2.05) is 6.07 Å². The Balaban J connectivity index is 1.92. The van der Waals surface area contributed by atoms with Gasteiger partial charge in [-0.2, -0.15) is 0 Å². The van der Waals surface area contributed by atoms with E-state index in [4.69, 9.17) is 16.3 Å². The van der Waals surface area contributed by atoms with Gasteiger partial charge in [0.25, 0.3) is 0 Å². The molecule has 0 bridgehead atoms. The van der Waals surface area contributed by atoms with Crippen molar-refractivity contribution in [3.63, 3.8) is 0 Å². The number of ether oxygens (including phenoxy) is 1. The highest BCUT2D eigenvalue weighted by molar-refractivity contribution is 6.30.